The molecule has 0 aliphatic carbocycles. The van der Waals surface area contributed by atoms with Crippen molar-refractivity contribution in [1.29, 1.82) is 0 Å². The maximum absolute atomic E-state index is 12.4. The summed E-state index contributed by atoms with van der Waals surface area (Å²) >= 11 is 0. The van der Waals surface area contributed by atoms with Crippen molar-refractivity contribution in [2.45, 2.75) is 32.7 Å². The first-order chi connectivity index (χ1) is 7.99. The Balaban J connectivity index is 2.61. The summed E-state index contributed by atoms with van der Waals surface area (Å²) in [6.45, 7) is 3.36. The molecule has 17 heavy (non-hydrogen) atoms. The number of aromatic nitrogens is 1. The Kier molecular flexibility index (Phi) is 3.00. The number of fused-ring (bicyclic) bond motifs is 1. The third-order valence-electron chi connectivity index (χ3n) is 2.68. The van der Waals surface area contributed by atoms with Gasteiger partial charge in [0, 0.05) is 0 Å². The minimum absolute atomic E-state index is 0.268. The Morgan fingerprint density at radius 2 is 2.06 bits per heavy atom. The van der Waals surface area contributed by atoms with E-state index >= 15 is 0 Å². The molecule has 1 heterocycles. The Morgan fingerprint density at radius 3 is 2.65 bits per heavy atom. The van der Waals surface area contributed by atoms with E-state index in [2.05, 4.69) is 0 Å². The molecular weight excluding hydrogens is 228 g/mol. The van der Waals surface area contributed by atoms with Crippen molar-refractivity contribution in [3.8, 4) is 0 Å². The van der Waals surface area contributed by atoms with Crippen LogP contribution in [0, 0.1) is 0 Å². The summed E-state index contributed by atoms with van der Waals surface area (Å²) in [5.74, 6) is -0.467. The third-order valence-corrected chi connectivity index (χ3v) is 2.68. The van der Waals surface area contributed by atoms with E-state index in [9.17, 15) is 13.6 Å². The fraction of sp³-hybridized carbons (Fsp3) is 0.417. The van der Waals surface area contributed by atoms with E-state index in [0.29, 0.717) is 11.1 Å². The molecule has 0 amide bonds. The van der Waals surface area contributed by atoms with E-state index in [0.717, 1.165) is 10.1 Å². The predicted octanol–water partition coefficient (Wildman–Crippen LogP) is 2.98. The van der Waals surface area contributed by atoms with E-state index in [4.69, 9.17) is 4.42 Å². The fourth-order valence-electron chi connectivity index (χ4n) is 1.75. The van der Waals surface area contributed by atoms with Gasteiger partial charge in [-0.05, 0) is 23.6 Å². The van der Waals surface area contributed by atoms with Gasteiger partial charge in [0.25, 0.3) is 6.43 Å². The van der Waals surface area contributed by atoms with Crippen LogP contribution in [0.25, 0.3) is 11.1 Å². The van der Waals surface area contributed by atoms with Gasteiger partial charge in [0.2, 0.25) is 0 Å². The highest BCUT2D eigenvalue weighted by Gasteiger charge is 2.14. The van der Waals surface area contributed by atoms with Crippen molar-refractivity contribution in [3.63, 3.8) is 0 Å². The molecule has 0 saturated carbocycles. The lowest BCUT2D eigenvalue weighted by atomic mass is 10.0. The first kappa shape index (κ1) is 11.8. The summed E-state index contributed by atoms with van der Waals surface area (Å²) in [7, 11) is 0. The van der Waals surface area contributed by atoms with E-state index in [1.165, 1.54) is 0 Å². The van der Waals surface area contributed by atoms with Crippen LogP contribution in [0.4, 0.5) is 8.78 Å². The van der Waals surface area contributed by atoms with Crippen LogP contribution in [0.5, 0.6) is 0 Å². The highest BCUT2D eigenvalue weighted by molar-refractivity contribution is 5.74. The third kappa shape index (κ3) is 2.23. The van der Waals surface area contributed by atoms with Gasteiger partial charge in [0.1, 0.15) is 0 Å². The summed E-state index contributed by atoms with van der Waals surface area (Å²) in [6.07, 6.45) is -2.57. The maximum Gasteiger partial charge on any atom is 0.420 e. The minimum atomic E-state index is -2.57. The standard InChI is InChI=1S/C12H13F2NO2/c1-7(2)8-3-4-10-9(5-8)15(6-11(13)14)12(16)17-10/h3-5,7,11H,6H2,1-2H3. The van der Waals surface area contributed by atoms with Gasteiger partial charge < -0.3 is 4.42 Å². The molecule has 0 N–H and O–H groups in total. The van der Waals surface area contributed by atoms with Gasteiger partial charge in [0.05, 0.1) is 12.1 Å². The fourth-order valence-corrected chi connectivity index (χ4v) is 1.75. The number of benzene rings is 1. The highest BCUT2D eigenvalue weighted by Crippen LogP contribution is 2.21. The average Bonchev–Trinajstić information content (AvgIpc) is 2.54. The molecule has 5 heteroatoms. The molecule has 0 radical (unpaired) electrons. The second-order valence-corrected chi connectivity index (χ2v) is 4.25. The first-order valence-electron chi connectivity index (χ1n) is 5.40. The highest BCUT2D eigenvalue weighted by atomic mass is 19.3. The van der Waals surface area contributed by atoms with Crippen LogP contribution >= 0.6 is 0 Å². The number of oxazole rings is 1. The number of halogens is 2. The Hall–Kier alpha value is -1.65. The van der Waals surface area contributed by atoms with Crippen LogP contribution in [-0.4, -0.2) is 11.0 Å². The smallest absolute Gasteiger partial charge is 0.408 e. The van der Waals surface area contributed by atoms with E-state index in [1.807, 2.05) is 19.9 Å². The molecule has 0 spiro atoms. The molecule has 2 aromatic rings. The van der Waals surface area contributed by atoms with Crippen molar-refractivity contribution < 1.29 is 13.2 Å². The maximum atomic E-state index is 12.4. The predicted molar refractivity (Wildman–Crippen MR) is 60.6 cm³/mol. The molecule has 0 atom stereocenters. The van der Waals surface area contributed by atoms with Crippen LogP contribution in [0.15, 0.2) is 27.4 Å². The molecule has 0 bridgehead atoms. The molecule has 2 rings (SSSR count). The normalized spacial score (nSPS) is 11.9. The van der Waals surface area contributed by atoms with Crippen LogP contribution in [-0.2, 0) is 6.54 Å². The minimum Gasteiger partial charge on any atom is -0.408 e. The zero-order valence-corrected chi connectivity index (χ0v) is 9.61. The lowest BCUT2D eigenvalue weighted by Crippen LogP contribution is -2.18. The first-order valence-corrected chi connectivity index (χ1v) is 5.40. The summed E-state index contributed by atoms with van der Waals surface area (Å²) in [5.41, 5.74) is 1.77. The average molecular weight is 241 g/mol. The zero-order chi connectivity index (χ0) is 12.6. The van der Waals surface area contributed by atoms with Crippen molar-refractivity contribution in [2.24, 2.45) is 0 Å². The topological polar surface area (TPSA) is 35.1 Å². The van der Waals surface area contributed by atoms with Crippen LogP contribution in [0.3, 0.4) is 0 Å². The molecule has 92 valence electrons. The van der Waals surface area contributed by atoms with Crippen LogP contribution in [0.1, 0.15) is 25.3 Å². The number of hydrogen-bond donors (Lipinski definition) is 0. The second kappa shape index (κ2) is 4.31. The molecule has 0 aliphatic rings. The van der Waals surface area contributed by atoms with Crippen LogP contribution in [0.2, 0.25) is 0 Å². The Morgan fingerprint density at radius 1 is 1.35 bits per heavy atom. The number of alkyl halides is 2. The lowest BCUT2D eigenvalue weighted by Gasteiger charge is -2.06. The van der Waals surface area contributed by atoms with Crippen molar-refractivity contribution >= 4 is 11.1 Å². The zero-order valence-electron chi connectivity index (χ0n) is 9.61. The van der Waals surface area contributed by atoms with Gasteiger partial charge in [-0.3, -0.25) is 4.57 Å². The molecule has 0 aliphatic heterocycles. The molecule has 3 nitrogen and oxygen atoms in total. The Bertz CT molecular complexity index is 584. The van der Waals surface area contributed by atoms with Crippen molar-refractivity contribution in [3.05, 3.63) is 34.3 Å². The summed E-state index contributed by atoms with van der Waals surface area (Å²) in [5, 5.41) is 0. The van der Waals surface area contributed by atoms with Gasteiger partial charge in [0.15, 0.2) is 5.58 Å². The van der Waals surface area contributed by atoms with Crippen molar-refractivity contribution in [2.75, 3.05) is 0 Å². The quantitative estimate of drug-likeness (QED) is 0.828. The summed E-state index contributed by atoms with van der Waals surface area (Å²) < 4.78 is 30.6. The molecule has 0 fully saturated rings. The monoisotopic (exact) mass is 241 g/mol. The van der Waals surface area contributed by atoms with Gasteiger partial charge in [-0.25, -0.2) is 13.6 Å². The molecule has 0 saturated heterocycles. The summed E-state index contributed by atoms with van der Waals surface area (Å²) in [6, 6.07) is 5.21. The van der Waals surface area contributed by atoms with Gasteiger partial charge in [-0.1, -0.05) is 19.9 Å². The SMILES string of the molecule is CC(C)c1ccc2oc(=O)n(CC(F)F)c2c1. The van der Waals surface area contributed by atoms with Gasteiger partial charge in [-0.2, -0.15) is 0 Å². The second-order valence-electron chi connectivity index (χ2n) is 4.25. The van der Waals surface area contributed by atoms with Gasteiger partial charge in [-0.15, -0.1) is 0 Å². The van der Waals surface area contributed by atoms with Crippen molar-refractivity contribution in [1.82, 2.24) is 4.57 Å². The number of hydrogen-bond acceptors (Lipinski definition) is 2. The number of nitrogens with zero attached hydrogens (tertiary/aromatic N) is 1. The van der Waals surface area contributed by atoms with E-state index < -0.39 is 18.7 Å². The summed E-state index contributed by atoms with van der Waals surface area (Å²) in [4.78, 5) is 11.4. The van der Waals surface area contributed by atoms with Gasteiger partial charge >= 0.3 is 5.76 Å². The molecular formula is C12H13F2NO2. The van der Waals surface area contributed by atoms with E-state index in [-0.39, 0.29) is 5.92 Å². The number of rotatable bonds is 3. The Labute approximate surface area is 96.7 Å². The molecule has 0 unspecified atom stereocenters. The van der Waals surface area contributed by atoms with Crippen LogP contribution < -0.4 is 5.76 Å². The lowest BCUT2D eigenvalue weighted by molar-refractivity contribution is 0.125. The molecule has 1 aromatic carbocycles. The molecule has 1 aromatic heterocycles. The largest absolute Gasteiger partial charge is 0.420 e. The van der Waals surface area contributed by atoms with E-state index in [1.54, 1.807) is 12.1 Å².